The average Bonchev–Trinajstić information content (AvgIpc) is 2.37. The molecule has 0 aliphatic heterocycles. The van der Waals surface area contributed by atoms with Crippen LogP contribution in [0.4, 0.5) is 0 Å². The number of aromatic nitrogens is 2. The number of halogens is 1. The Hall–Kier alpha value is -1.57. The minimum absolute atomic E-state index is 0.404. The van der Waals surface area contributed by atoms with Crippen LogP contribution in [0.5, 0.6) is 0 Å². The molecule has 5 heteroatoms. The van der Waals surface area contributed by atoms with Gasteiger partial charge in [0, 0.05) is 16.5 Å². The fraction of sp³-hybridized carbons (Fsp3) is 0.154. The van der Waals surface area contributed by atoms with Crippen molar-refractivity contribution in [3.63, 3.8) is 0 Å². The van der Waals surface area contributed by atoms with E-state index in [2.05, 4.69) is 9.97 Å². The molecule has 2 rings (SSSR count). The lowest BCUT2D eigenvalue weighted by molar-refractivity contribution is 0.919. The Morgan fingerprint density at radius 1 is 1.28 bits per heavy atom. The van der Waals surface area contributed by atoms with E-state index in [1.165, 1.54) is 11.8 Å². The van der Waals surface area contributed by atoms with Crippen LogP contribution in [0, 0.1) is 18.3 Å². The summed E-state index contributed by atoms with van der Waals surface area (Å²) in [6, 6.07) is 11.4. The van der Waals surface area contributed by atoms with E-state index in [-0.39, 0.29) is 0 Å². The first-order valence-corrected chi connectivity index (χ1v) is 6.67. The average molecular weight is 276 g/mol. The van der Waals surface area contributed by atoms with Crippen molar-refractivity contribution in [2.24, 2.45) is 0 Å². The summed E-state index contributed by atoms with van der Waals surface area (Å²) >= 11 is 7.33. The molecule has 0 aliphatic rings. The number of benzene rings is 1. The molecule has 0 radical (unpaired) electrons. The van der Waals surface area contributed by atoms with Crippen LogP contribution in [0.25, 0.3) is 0 Å². The molecular weight excluding hydrogens is 266 g/mol. The van der Waals surface area contributed by atoms with Crippen LogP contribution in [-0.2, 0) is 5.75 Å². The second-order valence-corrected chi connectivity index (χ2v) is 5.08. The molecule has 3 nitrogen and oxygen atoms in total. The third-order valence-corrected chi connectivity index (χ3v) is 3.40. The fourth-order valence-corrected chi connectivity index (χ4v) is 2.38. The van der Waals surface area contributed by atoms with Gasteiger partial charge in [-0.2, -0.15) is 5.26 Å². The first-order chi connectivity index (χ1) is 8.67. The first-order valence-electron chi connectivity index (χ1n) is 5.30. The molecule has 0 bridgehead atoms. The number of rotatable bonds is 3. The van der Waals surface area contributed by atoms with Gasteiger partial charge in [0.2, 0.25) is 0 Å². The maximum Gasteiger partial charge on any atom is 0.189 e. The largest absolute Gasteiger partial charge is 0.228 e. The smallest absolute Gasteiger partial charge is 0.189 e. The van der Waals surface area contributed by atoms with Gasteiger partial charge in [-0.3, -0.25) is 0 Å². The van der Waals surface area contributed by atoms with Gasteiger partial charge in [-0.1, -0.05) is 35.5 Å². The van der Waals surface area contributed by atoms with Crippen molar-refractivity contribution in [2.45, 2.75) is 17.8 Å². The maximum absolute atomic E-state index is 8.84. The molecule has 0 saturated heterocycles. The van der Waals surface area contributed by atoms with E-state index < -0.39 is 0 Å². The third kappa shape index (κ3) is 3.46. The van der Waals surface area contributed by atoms with Crippen molar-refractivity contribution in [2.75, 3.05) is 0 Å². The molecule has 0 saturated carbocycles. The van der Waals surface area contributed by atoms with Gasteiger partial charge in [0.15, 0.2) is 5.16 Å². The van der Waals surface area contributed by atoms with Crippen molar-refractivity contribution in [1.82, 2.24) is 9.97 Å². The minimum atomic E-state index is 0.404. The molecule has 0 fully saturated rings. The predicted octanol–water partition coefficient (Wildman–Crippen LogP) is 3.60. The summed E-state index contributed by atoms with van der Waals surface area (Å²) in [6.45, 7) is 1.86. The first kappa shape index (κ1) is 12.9. The standard InChI is InChI=1S/C13H10ClN3S/c1-9-6-12(7-15)17-13(16-9)18-8-10-2-4-11(14)5-3-10/h2-6H,8H2,1H3. The Kier molecular flexibility index (Phi) is 4.19. The monoisotopic (exact) mass is 275 g/mol. The molecule has 0 N–H and O–H groups in total. The second-order valence-electron chi connectivity index (χ2n) is 3.70. The normalized spacial score (nSPS) is 10.1. The van der Waals surface area contributed by atoms with Crippen molar-refractivity contribution in [1.29, 1.82) is 5.26 Å². The highest BCUT2D eigenvalue weighted by atomic mass is 35.5. The van der Waals surface area contributed by atoms with Crippen molar-refractivity contribution in [3.05, 3.63) is 52.3 Å². The van der Waals surface area contributed by atoms with E-state index in [9.17, 15) is 0 Å². The second kappa shape index (κ2) is 5.85. The zero-order valence-electron chi connectivity index (χ0n) is 9.72. The molecule has 0 amide bonds. The molecule has 18 heavy (non-hydrogen) atoms. The molecule has 1 aromatic carbocycles. The van der Waals surface area contributed by atoms with Crippen LogP contribution in [0.1, 0.15) is 17.0 Å². The van der Waals surface area contributed by atoms with Gasteiger partial charge in [-0.05, 0) is 30.7 Å². The molecule has 0 aliphatic carbocycles. The van der Waals surface area contributed by atoms with Crippen LogP contribution in [0.3, 0.4) is 0 Å². The van der Waals surface area contributed by atoms with E-state index in [0.717, 1.165) is 22.0 Å². The molecule has 1 aromatic heterocycles. The Labute approximate surface area is 115 Å². The lowest BCUT2D eigenvalue weighted by Crippen LogP contribution is -1.94. The van der Waals surface area contributed by atoms with Crippen molar-refractivity contribution < 1.29 is 0 Å². The van der Waals surface area contributed by atoms with E-state index >= 15 is 0 Å². The minimum Gasteiger partial charge on any atom is -0.228 e. The molecule has 2 aromatic rings. The number of aryl methyl sites for hydroxylation is 1. The lowest BCUT2D eigenvalue weighted by Gasteiger charge is -2.02. The zero-order chi connectivity index (χ0) is 13.0. The predicted molar refractivity (Wildman–Crippen MR) is 72.5 cm³/mol. The van der Waals surface area contributed by atoms with Gasteiger partial charge in [0.1, 0.15) is 11.8 Å². The van der Waals surface area contributed by atoms with Gasteiger partial charge in [-0.25, -0.2) is 9.97 Å². The quantitative estimate of drug-likeness (QED) is 0.634. The zero-order valence-corrected chi connectivity index (χ0v) is 11.3. The Bertz CT molecular complexity index is 590. The van der Waals surface area contributed by atoms with Crippen LogP contribution < -0.4 is 0 Å². The molecular formula is C13H10ClN3S. The lowest BCUT2D eigenvalue weighted by atomic mass is 10.2. The number of nitrogens with zero attached hydrogens (tertiary/aromatic N) is 3. The summed E-state index contributed by atoms with van der Waals surface area (Å²) < 4.78 is 0. The van der Waals surface area contributed by atoms with Gasteiger partial charge in [0.05, 0.1) is 0 Å². The van der Waals surface area contributed by atoms with E-state index in [4.69, 9.17) is 16.9 Å². The van der Waals surface area contributed by atoms with E-state index in [1.807, 2.05) is 37.3 Å². The fourth-order valence-electron chi connectivity index (χ4n) is 1.39. The number of thioether (sulfide) groups is 1. The van der Waals surface area contributed by atoms with Gasteiger partial charge >= 0.3 is 0 Å². The summed E-state index contributed by atoms with van der Waals surface area (Å²) in [5.74, 6) is 0.755. The van der Waals surface area contributed by atoms with Gasteiger partial charge in [-0.15, -0.1) is 0 Å². The number of nitriles is 1. The van der Waals surface area contributed by atoms with Crippen molar-refractivity contribution in [3.8, 4) is 6.07 Å². The summed E-state index contributed by atoms with van der Waals surface area (Å²) in [4.78, 5) is 8.44. The highest BCUT2D eigenvalue weighted by Crippen LogP contribution is 2.21. The van der Waals surface area contributed by atoms with Gasteiger partial charge in [0.25, 0.3) is 0 Å². The summed E-state index contributed by atoms with van der Waals surface area (Å²) in [7, 11) is 0. The van der Waals surface area contributed by atoms with Crippen LogP contribution in [0.15, 0.2) is 35.5 Å². The maximum atomic E-state index is 8.84. The molecule has 0 atom stereocenters. The summed E-state index contributed by atoms with van der Waals surface area (Å²) in [5, 5.41) is 10.2. The van der Waals surface area contributed by atoms with Crippen molar-refractivity contribution >= 4 is 23.4 Å². The van der Waals surface area contributed by atoms with Gasteiger partial charge < -0.3 is 0 Å². The molecule has 0 spiro atoms. The number of hydrogen-bond donors (Lipinski definition) is 0. The Morgan fingerprint density at radius 3 is 2.67 bits per heavy atom. The summed E-state index contributed by atoms with van der Waals surface area (Å²) in [6.07, 6.45) is 0. The Balaban J connectivity index is 2.08. The van der Waals surface area contributed by atoms with Crippen LogP contribution in [0.2, 0.25) is 5.02 Å². The molecule has 1 heterocycles. The highest BCUT2D eigenvalue weighted by Gasteiger charge is 2.03. The van der Waals surface area contributed by atoms with E-state index in [0.29, 0.717) is 10.9 Å². The topological polar surface area (TPSA) is 49.6 Å². The van der Waals surface area contributed by atoms with E-state index in [1.54, 1.807) is 6.07 Å². The molecule has 90 valence electrons. The summed E-state index contributed by atoms with van der Waals surface area (Å²) in [5.41, 5.74) is 2.36. The molecule has 0 unspecified atom stereocenters. The Morgan fingerprint density at radius 2 is 2.00 bits per heavy atom. The van der Waals surface area contributed by atoms with Crippen LogP contribution in [-0.4, -0.2) is 9.97 Å². The highest BCUT2D eigenvalue weighted by molar-refractivity contribution is 7.98. The number of hydrogen-bond acceptors (Lipinski definition) is 4. The SMILES string of the molecule is Cc1cc(C#N)nc(SCc2ccc(Cl)cc2)n1. The van der Waals surface area contributed by atoms with Crippen LogP contribution >= 0.6 is 23.4 Å². The third-order valence-electron chi connectivity index (χ3n) is 2.23.